The predicted molar refractivity (Wildman–Crippen MR) is 105 cm³/mol. The van der Waals surface area contributed by atoms with E-state index in [1.54, 1.807) is 4.90 Å². The maximum atomic E-state index is 12.4. The second-order valence-electron chi connectivity index (χ2n) is 7.18. The molecule has 3 rings (SSSR count). The van der Waals surface area contributed by atoms with E-state index in [1.165, 1.54) is 11.3 Å². The first-order valence-corrected chi connectivity index (χ1v) is 9.82. The molecule has 2 amide bonds. The molecule has 0 spiro atoms. The van der Waals surface area contributed by atoms with Gasteiger partial charge in [-0.3, -0.25) is 14.5 Å². The Hall–Kier alpha value is -2.12. The van der Waals surface area contributed by atoms with Crippen LogP contribution in [0.5, 0.6) is 0 Å². The van der Waals surface area contributed by atoms with Gasteiger partial charge in [-0.15, -0.1) is 0 Å². The molecule has 0 aromatic heterocycles. The van der Waals surface area contributed by atoms with Crippen LogP contribution in [0.1, 0.15) is 12.0 Å². The number of carbonyl (C=O) groups excluding carboxylic acids is 2. The highest BCUT2D eigenvalue weighted by atomic mass is 16.5. The summed E-state index contributed by atoms with van der Waals surface area (Å²) in [5.74, 6) is -0.897. The molecule has 0 aliphatic carbocycles. The third-order valence-corrected chi connectivity index (χ3v) is 5.17. The van der Waals surface area contributed by atoms with Gasteiger partial charge in [-0.05, 0) is 37.6 Å². The largest absolute Gasteiger partial charge is 0.379 e. The van der Waals surface area contributed by atoms with E-state index in [-0.39, 0.29) is 0 Å². The summed E-state index contributed by atoms with van der Waals surface area (Å²) in [4.78, 5) is 30.7. The van der Waals surface area contributed by atoms with Crippen molar-refractivity contribution < 1.29 is 14.3 Å². The lowest BCUT2D eigenvalue weighted by Crippen LogP contribution is -2.52. The number of amides is 2. The highest BCUT2D eigenvalue weighted by Gasteiger charge is 2.25. The van der Waals surface area contributed by atoms with Crippen LogP contribution in [-0.4, -0.2) is 87.2 Å². The number of rotatable bonds is 5. The molecule has 2 aliphatic rings. The fraction of sp³-hybridized carbons (Fsp3) is 0.600. The number of piperazine rings is 1. The second-order valence-corrected chi connectivity index (χ2v) is 7.18. The number of anilines is 1. The van der Waals surface area contributed by atoms with Crippen molar-refractivity contribution in [3.63, 3.8) is 0 Å². The van der Waals surface area contributed by atoms with E-state index in [1.807, 2.05) is 6.07 Å². The van der Waals surface area contributed by atoms with Crippen molar-refractivity contribution in [3.05, 3.63) is 29.8 Å². The first-order valence-electron chi connectivity index (χ1n) is 9.82. The lowest BCUT2D eigenvalue weighted by molar-refractivity contribution is -0.146. The number of nitrogens with one attached hydrogen (secondary N) is 1. The van der Waals surface area contributed by atoms with Crippen molar-refractivity contribution >= 4 is 17.5 Å². The van der Waals surface area contributed by atoms with Crippen LogP contribution < -0.4 is 10.2 Å². The van der Waals surface area contributed by atoms with Crippen molar-refractivity contribution in [1.29, 1.82) is 0 Å². The zero-order chi connectivity index (χ0) is 19.1. The topological polar surface area (TPSA) is 65.1 Å². The Bertz CT molecular complexity index is 638. The van der Waals surface area contributed by atoms with Gasteiger partial charge in [0.15, 0.2) is 0 Å². The molecule has 0 bridgehead atoms. The van der Waals surface area contributed by atoms with Crippen LogP contribution in [-0.2, 0) is 14.3 Å². The standard InChI is InChI=1S/C20H30N4O3/c1-17-4-2-5-18(16-17)23-8-10-24(11-9-23)20(26)19(25)21-6-3-7-22-12-14-27-15-13-22/h2,4-5,16H,3,6-15H2,1H3,(H,21,25). The zero-order valence-corrected chi connectivity index (χ0v) is 16.2. The first kappa shape index (κ1) is 19.6. The highest BCUT2D eigenvalue weighted by molar-refractivity contribution is 6.35. The SMILES string of the molecule is Cc1cccc(N2CCN(C(=O)C(=O)NCCCN3CCOCC3)CC2)c1. The molecule has 1 aromatic rings. The van der Waals surface area contributed by atoms with Gasteiger partial charge in [0.1, 0.15) is 0 Å². The number of nitrogens with zero attached hydrogens (tertiary/aromatic N) is 3. The van der Waals surface area contributed by atoms with Gasteiger partial charge in [-0.25, -0.2) is 0 Å². The smallest absolute Gasteiger partial charge is 0.312 e. The van der Waals surface area contributed by atoms with Gasteiger partial charge >= 0.3 is 11.8 Å². The van der Waals surface area contributed by atoms with E-state index in [0.717, 1.165) is 52.4 Å². The van der Waals surface area contributed by atoms with Crippen LogP contribution in [0.4, 0.5) is 5.69 Å². The van der Waals surface area contributed by atoms with Gasteiger partial charge < -0.3 is 19.9 Å². The van der Waals surface area contributed by atoms with Gasteiger partial charge in [0, 0.05) is 51.5 Å². The molecule has 2 saturated heterocycles. The van der Waals surface area contributed by atoms with Crippen LogP contribution >= 0.6 is 0 Å². The summed E-state index contributed by atoms with van der Waals surface area (Å²) in [6.45, 7) is 9.63. The molecule has 0 unspecified atom stereocenters. The molecule has 2 aliphatic heterocycles. The molecule has 27 heavy (non-hydrogen) atoms. The Morgan fingerprint density at radius 3 is 2.52 bits per heavy atom. The Labute approximate surface area is 161 Å². The van der Waals surface area contributed by atoms with Crippen LogP contribution in [0.3, 0.4) is 0 Å². The minimum Gasteiger partial charge on any atom is -0.379 e. The van der Waals surface area contributed by atoms with Crippen molar-refractivity contribution in [2.45, 2.75) is 13.3 Å². The third kappa shape index (κ3) is 5.68. The second kappa shape index (κ2) is 9.71. The molecule has 0 radical (unpaired) electrons. The summed E-state index contributed by atoms with van der Waals surface area (Å²) in [5.41, 5.74) is 2.40. The monoisotopic (exact) mass is 374 g/mol. The fourth-order valence-electron chi connectivity index (χ4n) is 3.54. The molecular formula is C20H30N4O3. The molecule has 7 heteroatoms. The van der Waals surface area contributed by atoms with Gasteiger partial charge in [0.05, 0.1) is 13.2 Å². The lowest BCUT2D eigenvalue weighted by Gasteiger charge is -2.35. The summed E-state index contributed by atoms with van der Waals surface area (Å²) in [6, 6.07) is 8.36. The minimum absolute atomic E-state index is 0.412. The van der Waals surface area contributed by atoms with Crippen LogP contribution in [0, 0.1) is 6.92 Å². The van der Waals surface area contributed by atoms with Gasteiger partial charge in [0.2, 0.25) is 0 Å². The summed E-state index contributed by atoms with van der Waals surface area (Å²) < 4.78 is 5.32. The quantitative estimate of drug-likeness (QED) is 0.600. The number of benzene rings is 1. The van der Waals surface area contributed by atoms with Crippen molar-refractivity contribution in [2.75, 3.05) is 70.5 Å². The van der Waals surface area contributed by atoms with E-state index in [4.69, 9.17) is 4.74 Å². The number of aryl methyl sites for hydroxylation is 1. The Morgan fingerprint density at radius 2 is 1.81 bits per heavy atom. The van der Waals surface area contributed by atoms with Crippen LogP contribution in [0.15, 0.2) is 24.3 Å². The molecule has 0 saturated carbocycles. The van der Waals surface area contributed by atoms with Crippen LogP contribution in [0.2, 0.25) is 0 Å². The Kier molecular flexibility index (Phi) is 7.06. The van der Waals surface area contributed by atoms with E-state index in [0.29, 0.717) is 19.6 Å². The minimum atomic E-state index is -0.485. The summed E-state index contributed by atoms with van der Waals surface area (Å²) in [7, 11) is 0. The molecule has 2 fully saturated rings. The maximum Gasteiger partial charge on any atom is 0.312 e. The zero-order valence-electron chi connectivity index (χ0n) is 16.2. The Morgan fingerprint density at radius 1 is 1.07 bits per heavy atom. The molecule has 148 valence electrons. The maximum absolute atomic E-state index is 12.4. The van der Waals surface area contributed by atoms with Crippen molar-refractivity contribution in [2.24, 2.45) is 0 Å². The highest BCUT2D eigenvalue weighted by Crippen LogP contribution is 2.17. The average Bonchev–Trinajstić information content (AvgIpc) is 2.71. The summed E-state index contributed by atoms with van der Waals surface area (Å²) in [6.07, 6.45) is 0.847. The molecule has 1 aromatic carbocycles. The number of ether oxygens (including phenoxy) is 1. The van der Waals surface area contributed by atoms with Crippen molar-refractivity contribution in [3.8, 4) is 0 Å². The molecule has 0 atom stereocenters. The summed E-state index contributed by atoms with van der Waals surface area (Å²) in [5, 5.41) is 2.77. The normalized spacial score (nSPS) is 18.4. The van der Waals surface area contributed by atoms with E-state index in [2.05, 4.69) is 40.2 Å². The number of carbonyl (C=O) groups is 2. The fourth-order valence-corrected chi connectivity index (χ4v) is 3.54. The molecule has 2 heterocycles. The predicted octanol–water partition coefficient (Wildman–Crippen LogP) is 0.482. The van der Waals surface area contributed by atoms with E-state index < -0.39 is 11.8 Å². The Balaban J connectivity index is 1.36. The van der Waals surface area contributed by atoms with Gasteiger partial charge in [0.25, 0.3) is 0 Å². The lowest BCUT2D eigenvalue weighted by atomic mass is 10.2. The molecule has 1 N–H and O–H groups in total. The van der Waals surface area contributed by atoms with E-state index >= 15 is 0 Å². The van der Waals surface area contributed by atoms with Crippen molar-refractivity contribution in [1.82, 2.24) is 15.1 Å². The van der Waals surface area contributed by atoms with Gasteiger partial charge in [-0.2, -0.15) is 0 Å². The summed E-state index contributed by atoms with van der Waals surface area (Å²) >= 11 is 0. The number of morpholine rings is 1. The first-order chi connectivity index (χ1) is 13.1. The van der Waals surface area contributed by atoms with E-state index in [9.17, 15) is 9.59 Å². The third-order valence-electron chi connectivity index (χ3n) is 5.17. The number of hydrogen-bond donors (Lipinski definition) is 1. The number of hydrogen-bond acceptors (Lipinski definition) is 5. The molecular weight excluding hydrogens is 344 g/mol. The van der Waals surface area contributed by atoms with Gasteiger partial charge in [-0.1, -0.05) is 12.1 Å². The average molecular weight is 374 g/mol. The molecule has 7 nitrogen and oxygen atoms in total. The van der Waals surface area contributed by atoms with Crippen LogP contribution in [0.25, 0.3) is 0 Å².